The lowest BCUT2D eigenvalue weighted by atomic mass is 10.0. The van der Waals surface area contributed by atoms with Crippen molar-refractivity contribution in [3.05, 3.63) is 72.3 Å². The third kappa shape index (κ3) is 4.46. The quantitative estimate of drug-likeness (QED) is 0.671. The van der Waals surface area contributed by atoms with E-state index in [0.717, 1.165) is 30.1 Å². The molecule has 2 heterocycles. The Morgan fingerprint density at radius 1 is 1.17 bits per heavy atom. The molecule has 1 atom stereocenters. The molecule has 0 radical (unpaired) electrons. The predicted molar refractivity (Wildman–Crippen MR) is 110 cm³/mol. The van der Waals surface area contributed by atoms with Gasteiger partial charge in [-0.3, -0.25) is 9.69 Å². The monoisotopic (exact) mass is 391 g/mol. The Labute approximate surface area is 170 Å². The Hall–Kier alpha value is -3.19. The number of carbonyl (C=O) groups is 1. The fourth-order valence-electron chi connectivity index (χ4n) is 3.76. The average molecular weight is 391 g/mol. The summed E-state index contributed by atoms with van der Waals surface area (Å²) >= 11 is 0. The topological polar surface area (TPSA) is 72.3 Å². The minimum atomic E-state index is -0.0813. The molecule has 7 nitrogen and oxygen atoms in total. The van der Waals surface area contributed by atoms with Gasteiger partial charge in [-0.05, 0) is 67.9 Å². The average Bonchev–Trinajstić information content (AvgIpc) is 3.49. The maximum Gasteiger partial charge on any atom is 0.251 e. The maximum atomic E-state index is 12.7. The number of aromatic nitrogens is 3. The molecule has 1 aliphatic heterocycles. The van der Waals surface area contributed by atoms with Crippen LogP contribution < -0.4 is 10.1 Å². The van der Waals surface area contributed by atoms with Gasteiger partial charge in [-0.2, -0.15) is 5.10 Å². The van der Waals surface area contributed by atoms with Gasteiger partial charge in [0.05, 0.1) is 18.8 Å². The van der Waals surface area contributed by atoms with Crippen LogP contribution in [0.25, 0.3) is 5.69 Å². The summed E-state index contributed by atoms with van der Waals surface area (Å²) in [5, 5.41) is 7.21. The van der Waals surface area contributed by atoms with E-state index in [1.807, 2.05) is 36.4 Å². The van der Waals surface area contributed by atoms with Crippen LogP contribution in [0.1, 0.15) is 34.8 Å². The molecule has 1 saturated heterocycles. The summed E-state index contributed by atoms with van der Waals surface area (Å²) in [4.78, 5) is 19.1. The molecule has 150 valence electrons. The molecule has 1 N–H and O–H groups in total. The molecule has 1 aliphatic rings. The van der Waals surface area contributed by atoms with E-state index in [0.29, 0.717) is 12.1 Å². The molecule has 1 unspecified atom stereocenters. The molecule has 0 bridgehead atoms. The Bertz CT molecular complexity index is 934. The highest BCUT2D eigenvalue weighted by molar-refractivity contribution is 5.94. The van der Waals surface area contributed by atoms with E-state index < -0.39 is 0 Å². The molecule has 29 heavy (non-hydrogen) atoms. The predicted octanol–water partition coefficient (Wildman–Crippen LogP) is 2.84. The van der Waals surface area contributed by atoms with E-state index >= 15 is 0 Å². The van der Waals surface area contributed by atoms with Crippen molar-refractivity contribution in [3.8, 4) is 11.4 Å². The number of carbonyl (C=O) groups excluding carboxylic acids is 1. The normalized spacial score (nSPS) is 15.2. The van der Waals surface area contributed by atoms with Crippen molar-refractivity contribution in [2.75, 3.05) is 26.7 Å². The first-order valence-corrected chi connectivity index (χ1v) is 9.86. The van der Waals surface area contributed by atoms with Crippen LogP contribution in [0, 0.1) is 0 Å². The zero-order chi connectivity index (χ0) is 20.1. The third-order valence-corrected chi connectivity index (χ3v) is 5.33. The van der Waals surface area contributed by atoms with Gasteiger partial charge in [-0.1, -0.05) is 12.1 Å². The summed E-state index contributed by atoms with van der Waals surface area (Å²) in [6.07, 6.45) is 5.50. The molecular weight excluding hydrogens is 366 g/mol. The van der Waals surface area contributed by atoms with Crippen LogP contribution >= 0.6 is 0 Å². The van der Waals surface area contributed by atoms with Gasteiger partial charge in [0, 0.05) is 12.1 Å². The molecule has 1 aromatic heterocycles. The highest BCUT2D eigenvalue weighted by Crippen LogP contribution is 2.27. The van der Waals surface area contributed by atoms with Crippen molar-refractivity contribution >= 4 is 5.91 Å². The van der Waals surface area contributed by atoms with Crippen molar-refractivity contribution in [1.29, 1.82) is 0 Å². The third-order valence-electron chi connectivity index (χ3n) is 5.33. The highest BCUT2D eigenvalue weighted by Gasteiger charge is 2.24. The number of nitrogens with one attached hydrogen (secondary N) is 1. The molecule has 0 spiro atoms. The summed E-state index contributed by atoms with van der Waals surface area (Å²) in [5.74, 6) is 0.754. The van der Waals surface area contributed by atoms with Gasteiger partial charge < -0.3 is 10.1 Å². The fourth-order valence-corrected chi connectivity index (χ4v) is 3.76. The summed E-state index contributed by atoms with van der Waals surface area (Å²) < 4.78 is 7.05. The van der Waals surface area contributed by atoms with E-state index in [2.05, 4.69) is 32.4 Å². The van der Waals surface area contributed by atoms with E-state index in [9.17, 15) is 4.79 Å². The Morgan fingerprint density at radius 2 is 1.97 bits per heavy atom. The van der Waals surface area contributed by atoms with Crippen LogP contribution in [-0.2, 0) is 0 Å². The second-order valence-electron chi connectivity index (χ2n) is 7.13. The van der Waals surface area contributed by atoms with E-state index in [1.54, 1.807) is 18.1 Å². The minimum absolute atomic E-state index is 0.0813. The van der Waals surface area contributed by atoms with Gasteiger partial charge in [0.25, 0.3) is 5.91 Å². The first-order chi connectivity index (χ1) is 14.2. The summed E-state index contributed by atoms with van der Waals surface area (Å²) in [7, 11) is 1.68. The number of nitrogens with zero attached hydrogens (tertiary/aromatic N) is 4. The Kier molecular flexibility index (Phi) is 5.86. The Morgan fingerprint density at radius 3 is 2.66 bits per heavy atom. The standard InChI is InChI=1S/C22H25N5O2/c1-29-20-6-4-5-18(13-20)21(26-11-2-3-12-26)14-24-22(28)17-7-9-19(10-8-17)27-16-23-15-25-27/h4-10,13,15-16,21H,2-3,11-12,14H2,1H3,(H,24,28). The first kappa shape index (κ1) is 19.1. The summed E-state index contributed by atoms with van der Waals surface area (Å²) in [6, 6.07) is 15.6. The van der Waals surface area contributed by atoms with Crippen LogP contribution in [0.5, 0.6) is 5.75 Å². The first-order valence-electron chi connectivity index (χ1n) is 9.86. The van der Waals surface area contributed by atoms with Crippen molar-refractivity contribution in [1.82, 2.24) is 25.0 Å². The molecule has 4 rings (SSSR count). The highest BCUT2D eigenvalue weighted by atomic mass is 16.5. The van der Waals surface area contributed by atoms with Gasteiger partial charge in [-0.25, -0.2) is 9.67 Å². The number of methoxy groups -OCH3 is 1. The molecule has 0 saturated carbocycles. The number of ether oxygens (including phenoxy) is 1. The second kappa shape index (κ2) is 8.87. The minimum Gasteiger partial charge on any atom is -0.497 e. The number of hydrogen-bond acceptors (Lipinski definition) is 5. The largest absolute Gasteiger partial charge is 0.497 e. The Balaban J connectivity index is 1.45. The van der Waals surface area contributed by atoms with Crippen LogP contribution in [0.15, 0.2) is 61.2 Å². The summed E-state index contributed by atoms with van der Waals surface area (Å²) in [5.41, 5.74) is 2.65. The molecule has 0 aliphatic carbocycles. The molecule has 3 aromatic rings. The molecule has 1 amide bonds. The number of likely N-dealkylation sites (tertiary alicyclic amines) is 1. The van der Waals surface area contributed by atoms with Crippen molar-refractivity contribution < 1.29 is 9.53 Å². The van der Waals surface area contributed by atoms with E-state index in [4.69, 9.17) is 4.74 Å². The van der Waals surface area contributed by atoms with Gasteiger partial charge in [0.15, 0.2) is 0 Å². The van der Waals surface area contributed by atoms with Crippen molar-refractivity contribution in [3.63, 3.8) is 0 Å². The molecule has 2 aromatic carbocycles. The number of hydrogen-bond donors (Lipinski definition) is 1. The smallest absolute Gasteiger partial charge is 0.251 e. The number of benzene rings is 2. The molecular formula is C22H25N5O2. The van der Waals surface area contributed by atoms with Crippen molar-refractivity contribution in [2.24, 2.45) is 0 Å². The lowest BCUT2D eigenvalue weighted by Crippen LogP contribution is -2.36. The van der Waals surface area contributed by atoms with Gasteiger partial charge >= 0.3 is 0 Å². The van der Waals surface area contributed by atoms with Crippen LogP contribution in [-0.4, -0.2) is 52.3 Å². The molecule has 1 fully saturated rings. The zero-order valence-corrected chi connectivity index (χ0v) is 16.5. The SMILES string of the molecule is COc1cccc(C(CNC(=O)c2ccc(-n3cncn3)cc2)N2CCCC2)c1. The second-order valence-corrected chi connectivity index (χ2v) is 7.13. The fraction of sp³-hybridized carbons (Fsp3) is 0.318. The molecule has 7 heteroatoms. The summed E-state index contributed by atoms with van der Waals surface area (Å²) in [6.45, 7) is 2.64. The van der Waals surface area contributed by atoms with Gasteiger partial charge in [-0.15, -0.1) is 0 Å². The van der Waals surface area contributed by atoms with Gasteiger partial charge in [0.2, 0.25) is 0 Å². The number of amides is 1. The zero-order valence-electron chi connectivity index (χ0n) is 16.5. The number of rotatable bonds is 7. The van der Waals surface area contributed by atoms with Crippen LogP contribution in [0.4, 0.5) is 0 Å². The van der Waals surface area contributed by atoms with Crippen LogP contribution in [0.3, 0.4) is 0 Å². The lowest BCUT2D eigenvalue weighted by Gasteiger charge is -2.28. The van der Waals surface area contributed by atoms with Crippen LogP contribution in [0.2, 0.25) is 0 Å². The van der Waals surface area contributed by atoms with E-state index in [1.165, 1.54) is 19.2 Å². The van der Waals surface area contributed by atoms with Crippen molar-refractivity contribution in [2.45, 2.75) is 18.9 Å². The maximum absolute atomic E-state index is 12.7. The lowest BCUT2D eigenvalue weighted by molar-refractivity contribution is 0.0938. The van der Waals surface area contributed by atoms with Gasteiger partial charge in [0.1, 0.15) is 18.4 Å². The van der Waals surface area contributed by atoms with E-state index in [-0.39, 0.29) is 11.9 Å².